The van der Waals surface area contributed by atoms with Crippen LogP contribution in [0, 0.1) is 0 Å². The van der Waals surface area contributed by atoms with Crippen LogP contribution in [-0.4, -0.2) is 45.8 Å². The van der Waals surface area contributed by atoms with Crippen LogP contribution in [0.2, 0.25) is 0 Å². The van der Waals surface area contributed by atoms with Gasteiger partial charge in [0.1, 0.15) is 12.0 Å². The highest BCUT2D eigenvalue weighted by atomic mass is 32.2. The van der Waals surface area contributed by atoms with E-state index in [-0.39, 0.29) is 35.6 Å². The molecule has 0 saturated carbocycles. The van der Waals surface area contributed by atoms with Crippen LogP contribution in [-0.2, 0) is 14.8 Å². The summed E-state index contributed by atoms with van der Waals surface area (Å²) < 4.78 is 32.9. The van der Waals surface area contributed by atoms with Crippen LogP contribution < -0.4 is 21.9 Å². The van der Waals surface area contributed by atoms with Gasteiger partial charge in [-0.25, -0.2) is 27.9 Å². The number of nitrogens with two attached hydrogens (primary N) is 2. The number of anilines is 3. The largest absolute Gasteiger partial charge is 0.399 e. The van der Waals surface area contributed by atoms with Gasteiger partial charge in [0.25, 0.3) is 10.0 Å². The zero-order valence-corrected chi connectivity index (χ0v) is 17.7. The highest BCUT2D eigenvalue weighted by molar-refractivity contribution is 7.92. The molecular weight excluding hydrogens is 438 g/mol. The van der Waals surface area contributed by atoms with Crippen molar-refractivity contribution >= 4 is 27.5 Å². The summed E-state index contributed by atoms with van der Waals surface area (Å²) in [5.41, 5.74) is 10.9. The number of nitrogens with one attached hydrogen (secondary N) is 1. The third-order valence-corrected chi connectivity index (χ3v) is 5.78. The van der Waals surface area contributed by atoms with Crippen molar-refractivity contribution in [1.82, 2.24) is 19.5 Å². The number of hydrogen-bond donors (Lipinski definition) is 4. The smallest absolute Gasteiger partial charge is 0.351 e. The average molecular weight is 462 g/mol. The minimum Gasteiger partial charge on any atom is -0.399 e. The molecule has 0 aliphatic carbocycles. The van der Waals surface area contributed by atoms with Crippen LogP contribution >= 0.6 is 0 Å². The number of rotatable bonds is 5. The van der Waals surface area contributed by atoms with Crippen molar-refractivity contribution in [3.63, 3.8) is 0 Å². The lowest BCUT2D eigenvalue weighted by atomic mass is 10.2. The molecule has 0 amide bonds. The van der Waals surface area contributed by atoms with E-state index in [2.05, 4.69) is 19.7 Å². The number of aliphatic hydroxyl groups is 1. The van der Waals surface area contributed by atoms with E-state index in [1.165, 1.54) is 41.2 Å². The fraction of sp³-hybridized carbons (Fsp3) is 0.263. The Morgan fingerprint density at radius 1 is 1.12 bits per heavy atom. The van der Waals surface area contributed by atoms with Crippen molar-refractivity contribution < 1.29 is 18.3 Å². The highest BCUT2D eigenvalue weighted by Crippen LogP contribution is 2.26. The van der Waals surface area contributed by atoms with Crippen LogP contribution in [0.1, 0.15) is 19.1 Å². The van der Waals surface area contributed by atoms with Crippen LogP contribution in [0.15, 0.2) is 64.7 Å². The summed E-state index contributed by atoms with van der Waals surface area (Å²) >= 11 is 0. The Morgan fingerprint density at radius 2 is 1.81 bits per heavy atom. The number of benzene rings is 1. The van der Waals surface area contributed by atoms with Crippen LogP contribution in [0.25, 0.3) is 0 Å². The molecule has 4 rings (SSSR count). The number of aromatic nitrogens is 4. The average Bonchev–Trinajstić information content (AvgIpc) is 3.24. The third kappa shape index (κ3) is 6.00. The third-order valence-electron chi connectivity index (χ3n) is 4.43. The number of ether oxygens (including phenoxy) is 1. The number of nitrogen functional groups attached to an aromatic ring is 2. The van der Waals surface area contributed by atoms with Gasteiger partial charge in [-0.3, -0.25) is 4.57 Å². The summed E-state index contributed by atoms with van der Waals surface area (Å²) in [5.74, 6) is 0.234. The molecule has 170 valence electrons. The van der Waals surface area contributed by atoms with Gasteiger partial charge in [-0.05, 0) is 49.2 Å². The summed E-state index contributed by atoms with van der Waals surface area (Å²) in [6.07, 6.45) is 5.41. The first kappa shape index (κ1) is 23.1. The molecule has 3 aromatic rings. The van der Waals surface area contributed by atoms with Crippen LogP contribution in [0.4, 0.5) is 17.5 Å². The molecule has 12 nitrogen and oxygen atoms in total. The Labute approximate surface area is 184 Å². The molecule has 1 saturated heterocycles. The Morgan fingerprint density at radius 3 is 2.41 bits per heavy atom. The summed E-state index contributed by atoms with van der Waals surface area (Å²) in [6, 6.07) is 9.01. The van der Waals surface area contributed by atoms with E-state index in [0.717, 1.165) is 6.42 Å². The zero-order valence-electron chi connectivity index (χ0n) is 16.9. The van der Waals surface area contributed by atoms with Crippen molar-refractivity contribution in [3.8, 4) is 0 Å². The monoisotopic (exact) mass is 461 g/mol. The molecule has 6 N–H and O–H groups in total. The summed E-state index contributed by atoms with van der Waals surface area (Å²) in [7, 11) is -3.66. The Bertz CT molecular complexity index is 1190. The lowest BCUT2D eigenvalue weighted by Crippen LogP contribution is -2.27. The van der Waals surface area contributed by atoms with E-state index in [4.69, 9.17) is 21.3 Å². The second-order valence-electron chi connectivity index (χ2n) is 6.76. The van der Waals surface area contributed by atoms with Crippen molar-refractivity contribution in [2.75, 3.05) is 22.8 Å². The number of nitrogens with zero attached hydrogens (tertiary/aromatic N) is 4. The van der Waals surface area contributed by atoms with E-state index in [0.29, 0.717) is 12.1 Å². The number of sulfonamides is 1. The predicted molar refractivity (Wildman–Crippen MR) is 117 cm³/mol. The molecular formula is C19H23N7O5S. The standard InChI is InChI=1S/C10H10N4O2S.C9H13N3O3/c11-8-2-4-9(5-3-8)17(15,16)14-10-12-6-1-7-13-10;10-7-3-4-12(9(14)11-7)8-2-1-6(5-13)15-8/h1-7H,11H2,(H,12,13,14);3-4,6,8,13H,1-2,5H2,(H2,10,11,14)/t;6-,8+/m.0/s1. The number of hydrogen-bond acceptors (Lipinski definition) is 10. The quantitative estimate of drug-likeness (QED) is 0.386. The minimum atomic E-state index is -3.66. The molecule has 1 aromatic carbocycles. The fourth-order valence-electron chi connectivity index (χ4n) is 2.85. The molecule has 13 heteroatoms. The molecule has 0 radical (unpaired) electrons. The molecule has 2 aromatic heterocycles. The van der Waals surface area contributed by atoms with Gasteiger partial charge < -0.3 is 21.3 Å². The van der Waals surface area contributed by atoms with Crippen LogP contribution in [0.3, 0.4) is 0 Å². The lowest BCUT2D eigenvalue weighted by Gasteiger charge is -2.14. The summed E-state index contributed by atoms with van der Waals surface area (Å²) in [5, 5.41) is 8.90. The van der Waals surface area contributed by atoms with Gasteiger partial charge in [0.2, 0.25) is 5.95 Å². The molecule has 0 bridgehead atoms. The molecule has 0 spiro atoms. The van der Waals surface area contributed by atoms with Crippen molar-refractivity contribution in [3.05, 3.63) is 65.5 Å². The van der Waals surface area contributed by atoms with Gasteiger partial charge in [0.05, 0.1) is 17.6 Å². The van der Waals surface area contributed by atoms with Gasteiger partial charge >= 0.3 is 5.69 Å². The highest BCUT2D eigenvalue weighted by Gasteiger charge is 2.26. The first-order valence-corrected chi connectivity index (χ1v) is 11.0. The molecule has 1 aliphatic heterocycles. The van der Waals surface area contributed by atoms with E-state index >= 15 is 0 Å². The molecule has 0 unspecified atom stereocenters. The molecule has 2 atom stereocenters. The Hall–Kier alpha value is -3.55. The van der Waals surface area contributed by atoms with Crippen molar-refractivity contribution in [2.24, 2.45) is 0 Å². The normalized spacial score (nSPS) is 17.9. The topological polar surface area (TPSA) is 188 Å². The van der Waals surface area contributed by atoms with Gasteiger partial charge in [-0.2, -0.15) is 4.98 Å². The Kier molecular flexibility index (Phi) is 7.35. The maximum absolute atomic E-state index is 11.9. The lowest BCUT2D eigenvalue weighted by molar-refractivity contribution is -0.0245. The SMILES string of the molecule is Nc1ccc(S(=O)(=O)Nc2ncccn2)cc1.Nc1ccn([C@H]2CC[C@@H](CO)O2)c(=O)n1. The maximum atomic E-state index is 11.9. The summed E-state index contributed by atoms with van der Waals surface area (Å²) in [4.78, 5) is 22.7. The maximum Gasteiger partial charge on any atom is 0.351 e. The molecule has 1 aliphatic rings. The van der Waals surface area contributed by atoms with Gasteiger partial charge in [-0.1, -0.05) is 0 Å². The fourth-order valence-corrected chi connectivity index (χ4v) is 3.81. The first-order chi connectivity index (χ1) is 15.3. The molecule has 32 heavy (non-hydrogen) atoms. The Balaban J connectivity index is 0.000000182. The van der Waals surface area contributed by atoms with Gasteiger partial charge in [-0.15, -0.1) is 0 Å². The van der Waals surface area contributed by atoms with E-state index in [1.54, 1.807) is 18.3 Å². The zero-order chi connectivity index (χ0) is 23.1. The van der Waals surface area contributed by atoms with Crippen molar-refractivity contribution in [2.45, 2.75) is 30.1 Å². The first-order valence-electron chi connectivity index (χ1n) is 9.55. The van der Waals surface area contributed by atoms with Crippen molar-refractivity contribution in [1.29, 1.82) is 0 Å². The summed E-state index contributed by atoms with van der Waals surface area (Å²) in [6.45, 7) is -0.0202. The molecule has 1 fully saturated rings. The van der Waals surface area contributed by atoms with E-state index in [1.807, 2.05) is 0 Å². The number of aliphatic hydroxyl groups excluding tert-OH is 1. The second kappa shape index (κ2) is 10.2. The predicted octanol–water partition coefficient (Wildman–Crippen LogP) is 0.355. The van der Waals surface area contributed by atoms with Gasteiger partial charge in [0, 0.05) is 24.3 Å². The second-order valence-corrected chi connectivity index (χ2v) is 8.44. The van der Waals surface area contributed by atoms with E-state index < -0.39 is 15.7 Å². The van der Waals surface area contributed by atoms with Crippen LogP contribution in [0.5, 0.6) is 0 Å². The minimum absolute atomic E-state index is 0.0202. The van der Waals surface area contributed by atoms with E-state index in [9.17, 15) is 13.2 Å². The van der Waals surface area contributed by atoms with Gasteiger partial charge in [0.15, 0.2) is 0 Å². The molecule has 3 heterocycles.